The lowest BCUT2D eigenvalue weighted by atomic mass is 9.99. The van der Waals surface area contributed by atoms with E-state index >= 15 is 0 Å². The van der Waals surface area contributed by atoms with Crippen molar-refractivity contribution >= 4 is 5.97 Å². The highest BCUT2D eigenvalue weighted by atomic mass is 16.5. The van der Waals surface area contributed by atoms with Crippen LogP contribution < -0.4 is 5.32 Å². The van der Waals surface area contributed by atoms with Crippen LogP contribution in [0.25, 0.3) is 0 Å². The van der Waals surface area contributed by atoms with Gasteiger partial charge in [0.1, 0.15) is 0 Å². The first-order chi connectivity index (χ1) is 7.27. The SMILES string of the molecule is O=C(O)CNC1COCc2ccccc21. The first kappa shape index (κ1) is 10.1. The fraction of sp³-hybridized carbons (Fsp3) is 0.364. The van der Waals surface area contributed by atoms with Crippen molar-refractivity contribution in [2.45, 2.75) is 12.6 Å². The highest BCUT2D eigenvalue weighted by molar-refractivity contribution is 5.69. The van der Waals surface area contributed by atoms with E-state index in [1.54, 1.807) is 0 Å². The molecule has 1 aliphatic rings. The molecule has 0 amide bonds. The molecule has 0 saturated heterocycles. The van der Waals surface area contributed by atoms with Crippen molar-refractivity contribution in [2.75, 3.05) is 13.2 Å². The van der Waals surface area contributed by atoms with Crippen LogP contribution in [0.5, 0.6) is 0 Å². The zero-order valence-corrected chi connectivity index (χ0v) is 8.27. The molecule has 0 radical (unpaired) electrons. The average molecular weight is 207 g/mol. The summed E-state index contributed by atoms with van der Waals surface area (Å²) in [4.78, 5) is 10.5. The van der Waals surface area contributed by atoms with E-state index in [0.717, 1.165) is 11.1 Å². The molecule has 4 heteroatoms. The normalized spacial score (nSPS) is 19.6. The number of fused-ring (bicyclic) bond motifs is 1. The van der Waals surface area contributed by atoms with E-state index in [1.807, 2.05) is 24.3 Å². The Kier molecular flexibility index (Phi) is 2.99. The summed E-state index contributed by atoms with van der Waals surface area (Å²) < 4.78 is 5.39. The molecule has 2 rings (SSSR count). The number of carboxylic acids is 1. The van der Waals surface area contributed by atoms with E-state index < -0.39 is 5.97 Å². The molecule has 0 aliphatic carbocycles. The van der Waals surface area contributed by atoms with Gasteiger partial charge in [-0.1, -0.05) is 24.3 Å². The second-order valence-corrected chi connectivity index (χ2v) is 3.54. The van der Waals surface area contributed by atoms with Crippen LogP contribution in [0.2, 0.25) is 0 Å². The Bertz CT molecular complexity index is 365. The molecule has 4 nitrogen and oxygen atoms in total. The van der Waals surface area contributed by atoms with E-state index in [2.05, 4.69) is 5.32 Å². The standard InChI is InChI=1S/C11H13NO3/c13-11(14)5-12-10-7-15-6-8-3-1-2-4-9(8)10/h1-4,10,12H,5-7H2,(H,13,14). The predicted octanol–water partition coefficient (Wildman–Crippen LogP) is 0.932. The van der Waals surface area contributed by atoms with Crippen LogP contribution in [0, 0.1) is 0 Å². The fourth-order valence-electron chi connectivity index (χ4n) is 1.76. The van der Waals surface area contributed by atoms with Crippen LogP contribution in [0.15, 0.2) is 24.3 Å². The zero-order valence-electron chi connectivity index (χ0n) is 8.27. The Morgan fingerprint density at radius 1 is 1.53 bits per heavy atom. The molecule has 1 aromatic carbocycles. The van der Waals surface area contributed by atoms with E-state index in [1.165, 1.54) is 0 Å². The number of hydrogen-bond donors (Lipinski definition) is 2. The smallest absolute Gasteiger partial charge is 0.317 e. The van der Waals surface area contributed by atoms with E-state index in [4.69, 9.17) is 9.84 Å². The number of aliphatic carboxylic acids is 1. The average Bonchev–Trinajstić information content (AvgIpc) is 2.26. The number of nitrogens with one attached hydrogen (secondary N) is 1. The second kappa shape index (κ2) is 4.42. The van der Waals surface area contributed by atoms with Crippen LogP contribution in [0.1, 0.15) is 17.2 Å². The maximum atomic E-state index is 10.5. The predicted molar refractivity (Wildman–Crippen MR) is 54.5 cm³/mol. The largest absolute Gasteiger partial charge is 0.480 e. The van der Waals surface area contributed by atoms with Gasteiger partial charge in [-0.05, 0) is 11.1 Å². The van der Waals surface area contributed by atoms with Crippen LogP contribution in [0.3, 0.4) is 0 Å². The molecule has 1 atom stereocenters. The second-order valence-electron chi connectivity index (χ2n) is 3.54. The van der Waals surface area contributed by atoms with Gasteiger partial charge in [0.15, 0.2) is 0 Å². The van der Waals surface area contributed by atoms with Crippen molar-refractivity contribution in [3.63, 3.8) is 0 Å². The summed E-state index contributed by atoms with van der Waals surface area (Å²) >= 11 is 0. The molecule has 0 fully saturated rings. The van der Waals surface area contributed by atoms with Crippen LogP contribution in [-0.4, -0.2) is 24.2 Å². The van der Waals surface area contributed by atoms with Crippen molar-refractivity contribution in [3.05, 3.63) is 35.4 Å². The van der Waals surface area contributed by atoms with Crippen LogP contribution >= 0.6 is 0 Å². The Balaban J connectivity index is 2.11. The van der Waals surface area contributed by atoms with Gasteiger partial charge in [0.2, 0.25) is 0 Å². The van der Waals surface area contributed by atoms with E-state index in [0.29, 0.717) is 13.2 Å². The molecule has 0 spiro atoms. The quantitative estimate of drug-likeness (QED) is 0.774. The lowest BCUT2D eigenvalue weighted by Gasteiger charge is -2.25. The van der Waals surface area contributed by atoms with Crippen molar-refractivity contribution in [1.82, 2.24) is 5.32 Å². The molecule has 1 aliphatic heterocycles. The van der Waals surface area contributed by atoms with Crippen LogP contribution in [-0.2, 0) is 16.1 Å². The third-order valence-electron chi connectivity index (χ3n) is 2.47. The Morgan fingerprint density at radius 2 is 2.33 bits per heavy atom. The van der Waals surface area contributed by atoms with Gasteiger partial charge in [0.25, 0.3) is 0 Å². The lowest BCUT2D eigenvalue weighted by Crippen LogP contribution is -2.33. The Labute approximate surface area is 87.9 Å². The molecule has 0 saturated carbocycles. The summed E-state index contributed by atoms with van der Waals surface area (Å²) in [7, 11) is 0. The van der Waals surface area contributed by atoms with Crippen molar-refractivity contribution < 1.29 is 14.6 Å². The number of hydrogen-bond acceptors (Lipinski definition) is 3. The monoisotopic (exact) mass is 207 g/mol. The van der Waals surface area contributed by atoms with Gasteiger partial charge in [-0.3, -0.25) is 10.1 Å². The first-order valence-electron chi connectivity index (χ1n) is 4.88. The molecule has 80 valence electrons. The maximum absolute atomic E-state index is 10.5. The van der Waals surface area contributed by atoms with E-state index in [9.17, 15) is 4.79 Å². The molecule has 2 N–H and O–H groups in total. The summed E-state index contributed by atoms with van der Waals surface area (Å²) in [6, 6.07) is 7.92. The van der Waals surface area contributed by atoms with Gasteiger partial charge in [-0.2, -0.15) is 0 Å². The maximum Gasteiger partial charge on any atom is 0.317 e. The highest BCUT2D eigenvalue weighted by Gasteiger charge is 2.20. The summed E-state index contributed by atoms with van der Waals surface area (Å²) in [5.41, 5.74) is 2.27. The first-order valence-corrected chi connectivity index (χ1v) is 4.88. The summed E-state index contributed by atoms with van der Waals surface area (Å²) in [6.07, 6.45) is 0. The van der Waals surface area contributed by atoms with Gasteiger partial charge in [0.05, 0.1) is 25.8 Å². The van der Waals surface area contributed by atoms with Gasteiger partial charge in [-0.15, -0.1) is 0 Å². The summed E-state index contributed by atoms with van der Waals surface area (Å²) in [6.45, 7) is 1.11. The topological polar surface area (TPSA) is 58.6 Å². The molecular formula is C11H13NO3. The molecule has 0 aromatic heterocycles. The van der Waals surface area contributed by atoms with Crippen molar-refractivity contribution in [1.29, 1.82) is 0 Å². The molecule has 15 heavy (non-hydrogen) atoms. The van der Waals surface area contributed by atoms with Gasteiger partial charge < -0.3 is 9.84 Å². The van der Waals surface area contributed by atoms with Crippen LogP contribution in [0.4, 0.5) is 0 Å². The minimum absolute atomic E-state index is 0.00829. The number of rotatable bonds is 3. The Hall–Kier alpha value is -1.39. The number of carboxylic acid groups (broad SMARTS) is 1. The molecule has 1 aromatic rings. The minimum atomic E-state index is -0.849. The van der Waals surface area contributed by atoms with Gasteiger partial charge >= 0.3 is 5.97 Å². The van der Waals surface area contributed by atoms with Crippen molar-refractivity contribution in [3.8, 4) is 0 Å². The third kappa shape index (κ3) is 2.34. The lowest BCUT2D eigenvalue weighted by molar-refractivity contribution is -0.136. The van der Waals surface area contributed by atoms with Gasteiger partial charge in [0, 0.05) is 0 Å². The van der Waals surface area contributed by atoms with E-state index in [-0.39, 0.29) is 12.6 Å². The fourth-order valence-corrected chi connectivity index (χ4v) is 1.76. The molecule has 0 bridgehead atoms. The summed E-state index contributed by atoms with van der Waals surface area (Å²) in [5, 5.41) is 11.5. The Morgan fingerprint density at radius 3 is 3.13 bits per heavy atom. The summed E-state index contributed by atoms with van der Waals surface area (Å²) in [5.74, 6) is -0.849. The highest BCUT2D eigenvalue weighted by Crippen LogP contribution is 2.23. The number of benzene rings is 1. The number of carbonyl (C=O) groups is 1. The third-order valence-corrected chi connectivity index (χ3v) is 2.47. The van der Waals surface area contributed by atoms with Crippen molar-refractivity contribution in [2.24, 2.45) is 0 Å². The molecule has 1 heterocycles. The number of ether oxygens (including phenoxy) is 1. The zero-order chi connectivity index (χ0) is 10.7. The minimum Gasteiger partial charge on any atom is -0.480 e. The molecule has 1 unspecified atom stereocenters. The van der Waals surface area contributed by atoms with Gasteiger partial charge in [-0.25, -0.2) is 0 Å². The molecular weight excluding hydrogens is 194 g/mol.